The fourth-order valence-electron chi connectivity index (χ4n) is 5.53. The van der Waals surface area contributed by atoms with Crippen LogP contribution in [0.15, 0.2) is 97.1 Å². The van der Waals surface area contributed by atoms with E-state index in [2.05, 4.69) is 0 Å². The summed E-state index contributed by atoms with van der Waals surface area (Å²) in [5, 5.41) is 24.4. The molecule has 6 heteroatoms. The third-order valence-electron chi connectivity index (χ3n) is 7.18. The van der Waals surface area contributed by atoms with E-state index in [1.807, 2.05) is 36.4 Å². The van der Waals surface area contributed by atoms with Gasteiger partial charge in [0.05, 0.1) is 13.0 Å². The van der Waals surface area contributed by atoms with Crippen molar-refractivity contribution in [2.75, 3.05) is 7.11 Å². The first-order valence-electron chi connectivity index (χ1n) is 11.7. The highest BCUT2D eigenvalue weighted by atomic mass is 16.6. The van der Waals surface area contributed by atoms with Crippen LogP contribution in [-0.4, -0.2) is 23.3 Å². The van der Waals surface area contributed by atoms with Gasteiger partial charge in [-0.15, -0.1) is 0 Å². The summed E-state index contributed by atoms with van der Waals surface area (Å²) in [6.07, 6.45) is -0.0454. The lowest BCUT2D eigenvalue weighted by molar-refractivity contribution is -0.157. The lowest BCUT2D eigenvalue weighted by Crippen LogP contribution is -2.57. The summed E-state index contributed by atoms with van der Waals surface area (Å²) in [7, 11) is 1.49. The van der Waals surface area contributed by atoms with Gasteiger partial charge in [-0.2, -0.15) is 0 Å². The minimum absolute atomic E-state index is 0.0454. The Morgan fingerprint density at radius 3 is 2.14 bits per heavy atom. The third kappa shape index (κ3) is 3.22. The molecule has 4 aromatic rings. The van der Waals surface area contributed by atoms with Gasteiger partial charge in [-0.3, -0.25) is 4.79 Å². The molecule has 0 radical (unpaired) electrons. The van der Waals surface area contributed by atoms with Crippen LogP contribution >= 0.6 is 0 Å². The summed E-state index contributed by atoms with van der Waals surface area (Å²) in [6.45, 7) is 0. The molecule has 0 fully saturated rings. The Morgan fingerprint density at radius 1 is 0.750 bits per heavy atom. The smallest absolute Gasteiger partial charge is 0.318 e. The molecule has 4 aromatic carbocycles. The Hall–Kier alpha value is -4.13. The number of hydrogen-bond acceptors (Lipinski definition) is 6. The predicted octanol–water partition coefficient (Wildman–Crippen LogP) is 4.90. The highest BCUT2D eigenvalue weighted by molar-refractivity contribution is 5.81. The molecule has 0 aliphatic heterocycles. The fourth-order valence-corrected chi connectivity index (χ4v) is 5.53. The predicted molar refractivity (Wildman–Crippen MR) is 132 cm³/mol. The number of para-hydroxylation sites is 3. The van der Waals surface area contributed by atoms with Crippen molar-refractivity contribution in [1.82, 2.24) is 0 Å². The minimum Gasteiger partial charge on any atom is -0.493 e. The van der Waals surface area contributed by atoms with Gasteiger partial charge in [-0.1, -0.05) is 60.7 Å². The molecule has 3 aliphatic carbocycles. The molecule has 0 spiro atoms. The van der Waals surface area contributed by atoms with Crippen LogP contribution in [-0.2, 0) is 16.0 Å². The normalized spacial score (nSPS) is 23.4. The topological polar surface area (TPSA) is 85.2 Å². The van der Waals surface area contributed by atoms with Crippen LogP contribution in [0.4, 0.5) is 0 Å². The third-order valence-corrected chi connectivity index (χ3v) is 7.18. The van der Waals surface area contributed by atoms with Gasteiger partial charge in [0.2, 0.25) is 0 Å². The molecule has 6 nitrogen and oxygen atoms in total. The summed E-state index contributed by atoms with van der Waals surface area (Å²) in [6, 6.07) is 28.5. The van der Waals surface area contributed by atoms with E-state index in [4.69, 9.17) is 14.2 Å². The average molecular weight is 481 g/mol. The minimum atomic E-state index is -1.69. The van der Waals surface area contributed by atoms with Crippen LogP contribution in [0.3, 0.4) is 0 Å². The molecular formula is C30H24O6. The Kier molecular flexibility index (Phi) is 5.10. The lowest BCUT2D eigenvalue weighted by atomic mass is 9.54. The highest BCUT2D eigenvalue weighted by Gasteiger charge is 2.62. The number of ether oxygens (including phenoxy) is 3. The number of carbonyl (C=O) groups excluding carboxylic acids is 1. The van der Waals surface area contributed by atoms with Crippen LogP contribution in [0.25, 0.3) is 0 Å². The summed E-state index contributed by atoms with van der Waals surface area (Å²) in [5.74, 6) is 0.141. The molecule has 0 saturated heterocycles. The van der Waals surface area contributed by atoms with Gasteiger partial charge >= 0.3 is 5.97 Å². The number of aliphatic hydroxyl groups is 2. The maximum absolute atomic E-state index is 13.5. The molecule has 0 aromatic heterocycles. The summed E-state index contributed by atoms with van der Waals surface area (Å²) in [4.78, 5) is 13.5. The van der Waals surface area contributed by atoms with Crippen molar-refractivity contribution in [2.24, 2.45) is 5.92 Å². The zero-order valence-electron chi connectivity index (χ0n) is 19.5. The maximum atomic E-state index is 13.5. The number of rotatable bonds is 5. The van der Waals surface area contributed by atoms with Crippen LogP contribution in [0.2, 0.25) is 0 Å². The van der Waals surface area contributed by atoms with Crippen molar-refractivity contribution in [1.29, 1.82) is 0 Å². The first-order valence-corrected chi connectivity index (χ1v) is 11.7. The molecular weight excluding hydrogens is 456 g/mol. The van der Waals surface area contributed by atoms with Crippen molar-refractivity contribution in [3.05, 3.63) is 119 Å². The number of benzene rings is 4. The second-order valence-corrected chi connectivity index (χ2v) is 9.12. The van der Waals surface area contributed by atoms with E-state index < -0.39 is 23.1 Å². The number of carbonyl (C=O) groups is 1. The zero-order chi connectivity index (χ0) is 24.9. The van der Waals surface area contributed by atoms with E-state index in [0.29, 0.717) is 39.5 Å². The molecule has 2 bridgehead atoms. The van der Waals surface area contributed by atoms with Gasteiger partial charge in [0, 0.05) is 6.42 Å². The summed E-state index contributed by atoms with van der Waals surface area (Å²) < 4.78 is 17.0. The molecule has 0 heterocycles. The molecule has 0 saturated carbocycles. The molecule has 3 aliphatic rings. The van der Waals surface area contributed by atoms with Gasteiger partial charge in [0.1, 0.15) is 22.7 Å². The largest absolute Gasteiger partial charge is 0.493 e. The van der Waals surface area contributed by atoms with E-state index >= 15 is 0 Å². The van der Waals surface area contributed by atoms with Crippen LogP contribution in [0.5, 0.6) is 23.0 Å². The Balaban J connectivity index is 1.45. The van der Waals surface area contributed by atoms with Crippen molar-refractivity contribution >= 4 is 5.97 Å². The standard InChI is InChI=1S/C30H24O6/c1-34-26-13-7-8-14-27(26)36-28(31)25-18-29(32)21-11-5-6-12-22(21)30(25,33)23-16-15-20(17-24(23)29)35-19-9-3-2-4-10-19/h2-17,25,32-33H,18H2,1H3. The van der Waals surface area contributed by atoms with Gasteiger partial charge in [-0.25, -0.2) is 0 Å². The van der Waals surface area contributed by atoms with E-state index in [0.717, 1.165) is 0 Å². The number of methoxy groups -OCH3 is 1. The Morgan fingerprint density at radius 2 is 1.39 bits per heavy atom. The monoisotopic (exact) mass is 480 g/mol. The number of hydrogen-bond donors (Lipinski definition) is 2. The zero-order valence-corrected chi connectivity index (χ0v) is 19.5. The van der Waals surface area contributed by atoms with Gasteiger partial charge < -0.3 is 24.4 Å². The van der Waals surface area contributed by atoms with E-state index in [-0.39, 0.29) is 12.2 Å². The van der Waals surface area contributed by atoms with E-state index in [1.165, 1.54) is 7.11 Å². The second kappa shape index (κ2) is 8.22. The van der Waals surface area contributed by atoms with Crippen LogP contribution in [0, 0.1) is 5.92 Å². The summed E-state index contributed by atoms with van der Waals surface area (Å²) >= 11 is 0. The van der Waals surface area contributed by atoms with E-state index in [9.17, 15) is 15.0 Å². The lowest BCUT2D eigenvalue weighted by Gasteiger charge is -2.53. The van der Waals surface area contributed by atoms with Gasteiger partial charge in [0.15, 0.2) is 11.5 Å². The average Bonchev–Trinajstić information content (AvgIpc) is 2.91. The first-order chi connectivity index (χ1) is 17.4. The molecule has 180 valence electrons. The quantitative estimate of drug-likeness (QED) is 0.312. The van der Waals surface area contributed by atoms with Gasteiger partial charge in [-0.05, 0) is 58.7 Å². The SMILES string of the molecule is COc1ccccc1OC(=O)C1CC2(O)c3ccccc3C1(O)c1ccc(Oc3ccccc3)cc12. The summed E-state index contributed by atoms with van der Waals surface area (Å²) in [5.41, 5.74) is -1.18. The van der Waals surface area contributed by atoms with Crippen molar-refractivity contribution < 1.29 is 29.2 Å². The number of esters is 1. The van der Waals surface area contributed by atoms with Crippen molar-refractivity contribution in [2.45, 2.75) is 17.6 Å². The second-order valence-electron chi connectivity index (χ2n) is 9.12. The molecule has 36 heavy (non-hydrogen) atoms. The highest BCUT2D eigenvalue weighted by Crippen LogP contribution is 2.60. The molecule has 2 N–H and O–H groups in total. The molecule has 3 unspecified atom stereocenters. The molecule has 3 atom stereocenters. The van der Waals surface area contributed by atoms with Crippen LogP contribution < -0.4 is 14.2 Å². The van der Waals surface area contributed by atoms with E-state index in [1.54, 1.807) is 60.7 Å². The maximum Gasteiger partial charge on any atom is 0.318 e. The first kappa shape index (κ1) is 22.3. The number of fused-ring (bicyclic) bond motifs is 1. The fraction of sp³-hybridized carbons (Fsp3) is 0.167. The van der Waals surface area contributed by atoms with Crippen LogP contribution in [0.1, 0.15) is 28.7 Å². The Bertz CT molecular complexity index is 1470. The van der Waals surface area contributed by atoms with Crippen molar-refractivity contribution in [3.8, 4) is 23.0 Å². The van der Waals surface area contributed by atoms with Gasteiger partial charge in [0.25, 0.3) is 0 Å². The molecule has 0 amide bonds. The van der Waals surface area contributed by atoms with Crippen molar-refractivity contribution in [3.63, 3.8) is 0 Å². The molecule has 7 rings (SSSR count). The Labute approximate surface area is 208 Å².